The number of phenolic OH excluding ortho intramolecular Hbond substituents is 3. The van der Waals surface area contributed by atoms with Crippen molar-refractivity contribution in [3.8, 4) is 46.9 Å². The molecule has 378 valence electrons. The second-order valence-corrected chi connectivity index (χ2v) is 22.0. The van der Waals surface area contributed by atoms with Crippen molar-refractivity contribution in [2.24, 2.45) is 11.3 Å². The van der Waals surface area contributed by atoms with Crippen molar-refractivity contribution in [1.29, 1.82) is 0 Å². The van der Waals surface area contributed by atoms with E-state index in [1.807, 2.05) is 13.8 Å². The van der Waals surface area contributed by atoms with Crippen molar-refractivity contribution >= 4 is 33.4 Å². The number of pyridine rings is 1. The first-order valence-electron chi connectivity index (χ1n) is 25.8. The molecule has 4 aromatic carbocycles. The van der Waals surface area contributed by atoms with E-state index in [1.165, 1.54) is 35.9 Å². The number of halogens is 2. The lowest BCUT2D eigenvalue weighted by molar-refractivity contribution is 0.0362. The van der Waals surface area contributed by atoms with Gasteiger partial charge >= 0.3 is 6.01 Å². The lowest BCUT2D eigenvalue weighted by atomic mass is 9.96. The summed E-state index contributed by atoms with van der Waals surface area (Å²) < 4.78 is 38.7. The Balaban J connectivity index is 0.661. The molecule has 6 aliphatic rings. The molecule has 5 fully saturated rings. The average Bonchev–Trinajstić information content (AvgIpc) is 3.85. The Labute approximate surface area is 423 Å². The van der Waals surface area contributed by atoms with Crippen molar-refractivity contribution in [3.05, 3.63) is 106 Å². The largest absolute Gasteiger partial charge is 0.508 e. The number of benzene rings is 4. The van der Waals surface area contributed by atoms with Crippen LogP contribution in [0, 0.1) is 35.3 Å². The molecule has 16 heteroatoms. The Morgan fingerprint density at radius 3 is 2.38 bits per heavy atom. The topological polar surface area (TPSA) is 154 Å². The van der Waals surface area contributed by atoms with Gasteiger partial charge in [-0.05, 0) is 89.4 Å². The van der Waals surface area contributed by atoms with E-state index < -0.39 is 11.6 Å². The first kappa shape index (κ1) is 47.4. The maximum absolute atomic E-state index is 17.1. The molecule has 14 nitrogen and oxygen atoms in total. The molecule has 1 saturated carbocycles. The van der Waals surface area contributed by atoms with Crippen LogP contribution >= 0.6 is 0 Å². The fourth-order valence-electron chi connectivity index (χ4n) is 12.2. The SMILES string of the molecule is C#Cc1c(F)ccc2cc(O)cc(-c3ncc4c(N5CC6CCC(C5)N6)nc(OCC5(CN6CCN(CC7CN(Cc8ccc9c(c8)CN(C(=O)c8cc(C(C)C)c(O)cc8O)C9)C7)CC6)CC5)nc4c3F)c12. The van der Waals surface area contributed by atoms with Crippen LogP contribution in [0.25, 0.3) is 32.9 Å². The van der Waals surface area contributed by atoms with Gasteiger partial charge in [0.05, 0.1) is 23.1 Å². The zero-order valence-corrected chi connectivity index (χ0v) is 41.4. The predicted octanol–water partition coefficient (Wildman–Crippen LogP) is 7.35. The third-order valence-electron chi connectivity index (χ3n) is 16.3. The minimum atomic E-state index is -0.727. The van der Waals surface area contributed by atoms with Gasteiger partial charge in [0.25, 0.3) is 5.91 Å². The Morgan fingerprint density at radius 1 is 0.890 bits per heavy atom. The summed E-state index contributed by atoms with van der Waals surface area (Å²) in [5.74, 6) is 1.70. The highest BCUT2D eigenvalue weighted by atomic mass is 19.1. The van der Waals surface area contributed by atoms with Crippen LogP contribution in [0.15, 0.2) is 60.8 Å². The van der Waals surface area contributed by atoms with Crippen LogP contribution < -0.4 is 15.0 Å². The number of nitrogens with one attached hydrogen (secondary N) is 1. The molecule has 7 heterocycles. The van der Waals surface area contributed by atoms with E-state index in [0.29, 0.717) is 72.9 Å². The molecule has 73 heavy (non-hydrogen) atoms. The number of carbonyl (C=O) groups excluding carboxylic acids is 1. The van der Waals surface area contributed by atoms with Crippen molar-refractivity contribution in [3.63, 3.8) is 0 Å². The number of amides is 1. The van der Waals surface area contributed by atoms with Crippen LogP contribution in [0.1, 0.15) is 83.6 Å². The zero-order chi connectivity index (χ0) is 50.3. The number of aromatic hydroxyl groups is 3. The van der Waals surface area contributed by atoms with Crippen LogP contribution in [0.3, 0.4) is 0 Å². The normalized spacial score (nSPS) is 21.0. The fraction of sp³-hybridized carbons (Fsp3) is 0.439. The van der Waals surface area contributed by atoms with Gasteiger partial charge in [-0.25, -0.2) is 8.78 Å². The lowest BCUT2D eigenvalue weighted by Crippen LogP contribution is -2.55. The van der Waals surface area contributed by atoms with Gasteiger partial charge in [0.1, 0.15) is 40.1 Å². The molecule has 1 aliphatic carbocycles. The summed E-state index contributed by atoms with van der Waals surface area (Å²) in [5.41, 5.74) is 4.40. The molecule has 12 rings (SSSR count). The summed E-state index contributed by atoms with van der Waals surface area (Å²) in [5, 5.41) is 36.4. The van der Waals surface area contributed by atoms with Crippen LogP contribution in [0.5, 0.6) is 23.3 Å². The van der Waals surface area contributed by atoms with E-state index >= 15 is 8.78 Å². The number of fused-ring (bicyclic) bond motifs is 5. The van der Waals surface area contributed by atoms with E-state index in [0.717, 1.165) is 95.7 Å². The first-order valence-corrected chi connectivity index (χ1v) is 25.8. The Kier molecular flexibility index (Phi) is 12.1. The van der Waals surface area contributed by atoms with Crippen molar-refractivity contribution in [1.82, 2.24) is 39.9 Å². The van der Waals surface area contributed by atoms with Crippen LogP contribution in [-0.2, 0) is 19.6 Å². The van der Waals surface area contributed by atoms with E-state index in [1.54, 1.807) is 17.2 Å². The van der Waals surface area contributed by atoms with E-state index in [4.69, 9.17) is 21.1 Å². The maximum Gasteiger partial charge on any atom is 0.319 e. The van der Waals surface area contributed by atoms with Gasteiger partial charge < -0.3 is 45.0 Å². The predicted molar refractivity (Wildman–Crippen MR) is 275 cm³/mol. The van der Waals surface area contributed by atoms with Crippen molar-refractivity contribution in [2.75, 3.05) is 77.0 Å². The van der Waals surface area contributed by atoms with E-state index in [-0.39, 0.29) is 73.8 Å². The second-order valence-electron chi connectivity index (χ2n) is 22.0. The molecule has 5 aliphatic heterocycles. The molecule has 6 aromatic rings. The molecule has 2 bridgehead atoms. The number of anilines is 1. The molecule has 2 unspecified atom stereocenters. The number of terminal acetylenes is 1. The van der Waals surface area contributed by atoms with Crippen LogP contribution in [0.2, 0.25) is 0 Å². The summed E-state index contributed by atoms with van der Waals surface area (Å²) in [7, 11) is 0. The van der Waals surface area contributed by atoms with Gasteiger partial charge in [0.2, 0.25) is 0 Å². The average molecular weight is 990 g/mol. The van der Waals surface area contributed by atoms with Gasteiger partial charge in [-0.3, -0.25) is 14.7 Å². The Bertz CT molecular complexity index is 3210. The summed E-state index contributed by atoms with van der Waals surface area (Å²) >= 11 is 0. The number of hydrogen-bond donors (Lipinski definition) is 4. The summed E-state index contributed by atoms with van der Waals surface area (Å²) in [4.78, 5) is 39.4. The van der Waals surface area contributed by atoms with E-state index in [2.05, 4.69) is 54.0 Å². The highest BCUT2D eigenvalue weighted by molar-refractivity contribution is 6.03. The van der Waals surface area contributed by atoms with Gasteiger partial charge in [0, 0.05) is 126 Å². The van der Waals surface area contributed by atoms with Crippen molar-refractivity contribution in [2.45, 2.75) is 77.2 Å². The monoisotopic (exact) mass is 989 g/mol. The number of hydrogen-bond acceptors (Lipinski definition) is 13. The number of nitrogens with zero attached hydrogens (tertiary/aromatic N) is 8. The quantitative estimate of drug-likeness (QED) is 0.0855. The maximum atomic E-state index is 17.1. The molecular formula is C57H61F2N9O5. The minimum absolute atomic E-state index is 0.000788. The molecule has 2 atom stereocenters. The molecule has 4 saturated heterocycles. The summed E-state index contributed by atoms with van der Waals surface area (Å²) in [6.45, 7) is 15.6. The molecule has 2 aromatic heterocycles. The van der Waals surface area contributed by atoms with Gasteiger partial charge in [0.15, 0.2) is 5.82 Å². The van der Waals surface area contributed by atoms with Gasteiger partial charge in [-0.1, -0.05) is 44.0 Å². The number of rotatable bonds is 13. The molecular weight excluding hydrogens is 929 g/mol. The fourth-order valence-corrected chi connectivity index (χ4v) is 12.2. The number of aromatic nitrogens is 3. The van der Waals surface area contributed by atoms with E-state index in [9.17, 15) is 20.1 Å². The third-order valence-corrected chi connectivity index (χ3v) is 16.3. The van der Waals surface area contributed by atoms with Crippen LogP contribution in [-0.4, -0.2) is 140 Å². The number of phenols is 3. The number of carbonyl (C=O) groups is 1. The number of ether oxygens (including phenoxy) is 1. The van der Waals surface area contributed by atoms with Crippen LogP contribution in [0.4, 0.5) is 14.6 Å². The molecule has 4 N–H and O–H groups in total. The highest BCUT2D eigenvalue weighted by Gasteiger charge is 2.46. The Morgan fingerprint density at radius 2 is 1.64 bits per heavy atom. The smallest absolute Gasteiger partial charge is 0.319 e. The molecule has 1 amide bonds. The third kappa shape index (κ3) is 9.15. The van der Waals surface area contributed by atoms with Gasteiger partial charge in [-0.2, -0.15) is 9.97 Å². The van der Waals surface area contributed by atoms with Gasteiger partial charge in [-0.15, -0.1) is 6.42 Å². The Hall–Kier alpha value is -6.64. The second kappa shape index (κ2) is 18.7. The molecule has 0 radical (unpaired) electrons. The number of piperazine rings is 2. The molecule has 0 spiro atoms. The summed E-state index contributed by atoms with van der Waals surface area (Å²) in [6.07, 6.45) is 11.5. The highest BCUT2D eigenvalue weighted by Crippen LogP contribution is 2.47. The zero-order valence-electron chi connectivity index (χ0n) is 41.4. The first-order chi connectivity index (χ1) is 35.3. The number of likely N-dealkylation sites (tertiary alicyclic amines) is 1. The van der Waals surface area contributed by atoms with Crippen molar-refractivity contribution < 1.29 is 33.6 Å². The minimum Gasteiger partial charge on any atom is -0.508 e. The standard InChI is InChI=1S/C57H61F2N9O5/c1-4-42-47(58)10-7-36-18-41(69)19-45(50(36)42)52-51(59)53-46(22-60-52)54(67-29-39-8-9-40(30-67)61-39)63-56(62-53)73-32-57(11-12-57)31-65-15-13-64(14-16-65)24-35-25-66(26-35)23-34-5-6-37-27-68(28-38(37)17-34)55(72)44-20-43(33(2)3)48(70)21-49(44)71/h1,5-7,10,17-22,33,35,39-40,61,69-71H,8-9,11-16,23-32H2,2-3H3. The lowest BCUT2D eigenvalue weighted by Gasteiger charge is -2.44. The summed E-state index contributed by atoms with van der Waals surface area (Å²) in [6, 6.07) is 15.7.